The summed E-state index contributed by atoms with van der Waals surface area (Å²) in [5, 5.41) is 4.86. The maximum absolute atomic E-state index is 5.42. The second kappa shape index (κ2) is 12.5. The third-order valence-electron chi connectivity index (χ3n) is 12.8. The second-order valence-electron chi connectivity index (χ2n) is 15.9. The Labute approximate surface area is 346 Å². The van der Waals surface area contributed by atoms with Crippen molar-refractivity contribution in [3.63, 3.8) is 0 Å². The van der Waals surface area contributed by atoms with Crippen molar-refractivity contribution in [3.8, 4) is 62.1 Å². The number of fused-ring (bicyclic) bond motifs is 15. The Morgan fingerprint density at radius 2 is 0.817 bits per heavy atom. The minimum atomic E-state index is -0.518. The van der Waals surface area contributed by atoms with Gasteiger partial charge in [0.15, 0.2) is 17.5 Å². The van der Waals surface area contributed by atoms with Crippen LogP contribution in [0.25, 0.3) is 94.7 Å². The predicted octanol–water partition coefficient (Wildman–Crippen LogP) is 13.5. The van der Waals surface area contributed by atoms with Crippen LogP contribution in [0.1, 0.15) is 22.3 Å². The summed E-state index contributed by atoms with van der Waals surface area (Å²) in [5.74, 6) is 1.92. The van der Waals surface area contributed by atoms with Crippen LogP contribution in [0.3, 0.4) is 0 Å². The first-order valence-corrected chi connectivity index (χ1v) is 20.5. The van der Waals surface area contributed by atoms with Crippen molar-refractivity contribution in [1.29, 1.82) is 0 Å². The molecule has 11 aromatic rings. The van der Waals surface area contributed by atoms with E-state index in [0.29, 0.717) is 17.5 Å². The van der Waals surface area contributed by atoms with Crippen LogP contribution in [0.4, 0.5) is 0 Å². The molecular weight excluding hydrogens is 729 g/mol. The van der Waals surface area contributed by atoms with Gasteiger partial charge in [-0.2, -0.15) is 0 Å². The summed E-state index contributed by atoms with van der Waals surface area (Å²) < 4.78 is 2.34. The molecule has 278 valence electrons. The maximum Gasteiger partial charge on any atom is 0.164 e. The zero-order valence-electron chi connectivity index (χ0n) is 32.4. The lowest BCUT2D eigenvalue weighted by Gasteiger charge is -2.31. The predicted molar refractivity (Wildman–Crippen MR) is 244 cm³/mol. The van der Waals surface area contributed by atoms with E-state index in [1.54, 1.807) is 0 Å². The highest BCUT2D eigenvalue weighted by Crippen LogP contribution is 2.65. The zero-order chi connectivity index (χ0) is 39.4. The largest absolute Gasteiger partial charge is 0.309 e. The van der Waals surface area contributed by atoms with E-state index in [0.717, 1.165) is 27.8 Å². The Morgan fingerprint density at radius 3 is 1.45 bits per heavy atom. The molecule has 0 amide bonds. The topological polar surface area (TPSA) is 43.6 Å². The van der Waals surface area contributed by atoms with Crippen LogP contribution in [0.5, 0.6) is 0 Å². The molecule has 0 N–H and O–H groups in total. The van der Waals surface area contributed by atoms with Gasteiger partial charge >= 0.3 is 0 Å². The van der Waals surface area contributed by atoms with Crippen LogP contribution < -0.4 is 0 Å². The van der Waals surface area contributed by atoms with Crippen molar-refractivity contribution in [3.05, 3.63) is 229 Å². The van der Waals surface area contributed by atoms with Crippen LogP contribution in [-0.4, -0.2) is 19.5 Å². The van der Waals surface area contributed by atoms with Crippen molar-refractivity contribution in [2.45, 2.75) is 5.41 Å². The van der Waals surface area contributed by atoms with Gasteiger partial charge in [0.05, 0.1) is 16.4 Å². The third-order valence-corrected chi connectivity index (χ3v) is 12.8. The molecule has 2 aromatic heterocycles. The number of hydrogen-bond acceptors (Lipinski definition) is 3. The summed E-state index contributed by atoms with van der Waals surface area (Å²) in [6.45, 7) is 0. The Hall–Kier alpha value is -7.95. The van der Waals surface area contributed by atoms with E-state index in [1.807, 2.05) is 18.2 Å². The van der Waals surface area contributed by atoms with Crippen molar-refractivity contribution in [2.75, 3.05) is 0 Å². The third kappa shape index (κ3) is 4.47. The first kappa shape index (κ1) is 33.1. The fourth-order valence-electron chi connectivity index (χ4n) is 10.5. The molecule has 0 saturated heterocycles. The van der Waals surface area contributed by atoms with Crippen molar-refractivity contribution in [2.24, 2.45) is 0 Å². The fraction of sp³-hybridized carbons (Fsp3) is 0.0179. The van der Waals surface area contributed by atoms with Gasteiger partial charge in [0.25, 0.3) is 0 Å². The van der Waals surface area contributed by atoms with Gasteiger partial charge in [0, 0.05) is 33.2 Å². The highest BCUT2D eigenvalue weighted by atomic mass is 15.0. The van der Waals surface area contributed by atoms with Gasteiger partial charge in [-0.1, -0.05) is 164 Å². The Bertz CT molecular complexity index is 3450. The summed E-state index contributed by atoms with van der Waals surface area (Å²) >= 11 is 0. The Morgan fingerprint density at radius 1 is 0.350 bits per heavy atom. The lowest BCUT2D eigenvalue weighted by molar-refractivity contribution is 0.801. The van der Waals surface area contributed by atoms with Crippen molar-refractivity contribution >= 4 is 32.6 Å². The summed E-state index contributed by atoms with van der Waals surface area (Å²) in [4.78, 5) is 16.0. The average molecular weight is 763 g/mol. The second-order valence-corrected chi connectivity index (χ2v) is 15.9. The van der Waals surface area contributed by atoms with Crippen LogP contribution in [0, 0.1) is 0 Å². The molecule has 0 aliphatic heterocycles. The van der Waals surface area contributed by atoms with E-state index >= 15 is 0 Å². The van der Waals surface area contributed by atoms with Gasteiger partial charge in [-0.15, -0.1) is 0 Å². The van der Waals surface area contributed by atoms with Crippen LogP contribution in [-0.2, 0) is 5.41 Å². The van der Waals surface area contributed by atoms with Crippen LogP contribution in [0.15, 0.2) is 206 Å². The van der Waals surface area contributed by atoms with Crippen LogP contribution in [0.2, 0.25) is 0 Å². The van der Waals surface area contributed by atoms with E-state index in [9.17, 15) is 0 Å². The molecular formula is C56H34N4. The Balaban J connectivity index is 1.07. The first-order chi connectivity index (χ1) is 29.8. The number of benzene rings is 9. The van der Waals surface area contributed by atoms with Crippen molar-refractivity contribution < 1.29 is 0 Å². The van der Waals surface area contributed by atoms with Gasteiger partial charge < -0.3 is 4.57 Å². The number of aromatic nitrogens is 4. The van der Waals surface area contributed by atoms with Crippen LogP contribution >= 0.6 is 0 Å². The van der Waals surface area contributed by atoms with E-state index in [2.05, 4.69) is 193 Å². The first-order valence-electron chi connectivity index (χ1n) is 20.5. The summed E-state index contributed by atoms with van der Waals surface area (Å²) in [7, 11) is 0. The molecule has 2 aliphatic rings. The normalized spacial score (nSPS) is 13.1. The number of hydrogen-bond donors (Lipinski definition) is 0. The zero-order valence-corrected chi connectivity index (χ0v) is 32.4. The van der Waals surface area contributed by atoms with Gasteiger partial charge in [0.1, 0.15) is 0 Å². The SMILES string of the molecule is c1ccc(-c2nc(-c3ccc(-n4c5ccccc5c5ccccc54)cc3)nc(-c3cc4ccccc4c4c3-c3ccccc3C43c4ccccc4-c4ccccc43)n2)cc1. The minimum absolute atomic E-state index is 0.518. The van der Waals surface area contributed by atoms with Gasteiger partial charge in [-0.25, -0.2) is 15.0 Å². The molecule has 9 aromatic carbocycles. The molecule has 0 atom stereocenters. The highest BCUT2D eigenvalue weighted by Gasteiger charge is 2.53. The molecule has 1 spiro atoms. The van der Waals surface area contributed by atoms with E-state index in [-0.39, 0.29) is 0 Å². The number of nitrogens with zero attached hydrogens (tertiary/aromatic N) is 4. The molecule has 0 saturated carbocycles. The molecule has 0 bridgehead atoms. The molecule has 0 fully saturated rings. The number of para-hydroxylation sites is 2. The minimum Gasteiger partial charge on any atom is -0.309 e. The molecule has 4 heteroatoms. The van der Waals surface area contributed by atoms with Gasteiger partial charge in [0.2, 0.25) is 0 Å². The molecule has 0 unspecified atom stereocenters. The molecule has 2 heterocycles. The molecule has 4 nitrogen and oxygen atoms in total. The quantitative estimate of drug-likeness (QED) is 0.179. The molecule has 0 radical (unpaired) electrons. The van der Waals surface area contributed by atoms with E-state index < -0.39 is 5.41 Å². The molecule has 2 aliphatic carbocycles. The molecule has 13 rings (SSSR count). The Kier molecular flexibility index (Phi) is 6.90. The summed E-state index contributed by atoms with van der Waals surface area (Å²) in [6.07, 6.45) is 0. The average Bonchev–Trinajstić information content (AvgIpc) is 3.94. The monoisotopic (exact) mass is 762 g/mol. The van der Waals surface area contributed by atoms with Gasteiger partial charge in [-0.3, -0.25) is 0 Å². The van der Waals surface area contributed by atoms with Gasteiger partial charge in [-0.05, 0) is 97.7 Å². The smallest absolute Gasteiger partial charge is 0.164 e. The van der Waals surface area contributed by atoms with E-state index in [4.69, 9.17) is 15.0 Å². The summed E-state index contributed by atoms with van der Waals surface area (Å²) in [5.41, 5.74) is 15.9. The number of rotatable bonds is 4. The molecule has 60 heavy (non-hydrogen) atoms. The summed E-state index contributed by atoms with van der Waals surface area (Å²) in [6, 6.07) is 74.2. The standard InChI is InChI=1S/C56H34N4/c1-2-16-35(17-3-1)53-57-54(36-30-32-38(33-31-36)60-49-28-14-9-22-42(49)43-23-10-15-29-50(43)60)59-55(58-53)45-34-37-18-4-5-19-39(37)52-51(45)44-24-8-13-27-48(44)56(52)46-25-11-6-20-40(46)41-21-7-12-26-47(41)56/h1-34H. The van der Waals surface area contributed by atoms with Crippen molar-refractivity contribution in [1.82, 2.24) is 19.5 Å². The maximum atomic E-state index is 5.42. The highest BCUT2D eigenvalue weighted by molar-refractivity contribution is 6.10. The fourth-order valence-corrected chi connectivity index (χ4v) is 10.5. The lowest BCUT2D eigenvalue weighted by Crippen LogP contribution is -2.26. The lowest BCUT2D eigenvalue weighted by atomic mass is 9.69. The van der Waals surface area contributed by atoms with E-state index in [1.165, 1.54) is 71.7 Å².